The Morgan fingerprint density at radius 3 is 3.00 bits per heavy atom. The van der Waals surface area contributed by atoms with Gasteiger partial charge in [-0.1, -0.05) is 34.1 Å². The third-order valence-corrected chi connectivity index (χ3v) is 4.17. The summed E-state index contributed by atoms with van der Waals surface area (Å²) in [6, 6.07) is 7.81. The van der Waals surface area contributed by atoms with Crippen molar-refractivity contribution in [2.75, 3.05) is 19.7 Å². The van der Waals surface area contributed by atoms with Crippen LogP contribution >= 0.6 is 15.9 Å². The highest BCUT2D eigenvalue weighted by atomic mass is 79.9. The van der Waals surface area contributed by atoms with Gasteiger partial charge in [-0.2, -0.15) is 0 Å². The van der Waals surface area contributed by atoms with E-state index in [-0.39, 0.29) is 12.5 Å². The lowest BCUT2D eigenvalue weighted by molar-refractivity contribution is -0.125. The number of halogens is 1. The first-order chi connectivity index (χ1) is 9.20. The lowest BCUT2D eigenvalue weighted by Crippen LogP contribution is -2.26. The van der Waals surface area contributed by atoms with Crippen molar-refractivity contribution in [2.24, 2.45) is 5.92 Å². The van der Waals surface area contributed by atoms with Gasteiger partial charge in [0.2, 0.25) is 5.91 Å². The van der Waals surface area contributed by atoms with Crippen LogP contribution in [-0.4, -0.2) is 35.6 Å². The van der Waals surface area contributed by atoms with Gasteiger partial charge >= 0.3 is 0 Å². The van der Waals surface area contributed by atoms with Crippen LogP contribution in [0.2, 0.25) is 0 Å². The molecule has 1 aromatic rings. The van der Waals surface area contributed by atoms with Crippen LogP contribution in [-0.2, 0) is 4.79 Å². The molecular formula is C15H18BrNO2. The molecule has 19 heavy (non-hydrogen) atoms. The first kappa shape index (κ1) is 14.3. The number of likely N-dealkylation sites (tertiary alicyclic amines) is 1. The molecule has 0 spiro atoms. The summed E-state index contributed by atoms with van der Waals surface area (Å²) < 4.78 is 0.985. The van der Waals surface area contributed by atoms with Crippen molar-refractivity contribution < 1.29 is 9.90 Å². The summed E-state index contributed by atoms with van der Waals surface area (Å²) in [5.74, 6) is 0.502. The van der Waals surface area contributed by atoms with Crippen LogP contribution < -0.4 is 0 Å². The molecule has 1 amide bonds. The number of aliphatic hydroxyl groups excluding tert-OH is 1. The molecule has 1 aromatic carbocycles. The van der Waals surface area contributed by atoms with Crippen molar-refractivity contribution in [3.8, 4) is 0 Å². The number of carbonyl (C=O) groups excluding carboxylic acids is 1. The molecule has 1 heterocycles. The van der Waals surface area contributed by atoms with Crippen molar-refractivity contribution in [3.63, 3.8) is 0 Å². The number of nitrogens with zero attached hydrogens (tertiary/aromatic N) is 1. The molecule has 0 radical (unpaired) electrons. The van der Waals surface area contributed by atoms with E-state index in [2.05, 4.69) is 15.9 Å². The second kappa shape index (κ2) is 6.87. The molecule has 1 fully saturated rings. The number of rotatable bonds is 4. The van der Waals surface area contributed by atoms with E-state index in [4.69, 9.17) is 5.11 Å². The normalized spacial score (nSPS) is 19.3. The highest BCUT2D eigenvalue weighted by Crippen LogP contribution is 2.20. The molecule has 1 atom stereocenters. The van der Waals surface area contributed by atoms with Crippen LogP contribution in [0.25, 0.3) is 6.08 Å². The van der Waals surface area contributed by atoms with Crippen molar-refractivity contribution in [1.29, 1.82) is 0 Å². The van der Waals surface area contributed by atoms with Gasteiger partial charge in [0.05, 0.1) is 0 Å². The summed E-state index contributed by atoms with van der Waals surface area (Å²) in [7, 11) is 0. The SMILES string of the molecule is O=C(/C=C/c1ccccc1Br)N1CCC(CCO)C1. The Balaban J connectivity index is 1.93. The number of hydrogen-bond acceptors (Lipinski definition) is 2. The van der Waals surface area contributed by atoms with Crippen LogP contribution in [0, 0.1) is 5.92 Å². The molecule has 4 heteroatoms. The van der Waals surface area contributed by atoms with Gasteiger partial charge < -0.3 is 10.0 Å². The maximum absolute atomic E-state index is 12.0. The zero-order valence-corrected chi connectivity index (χ0v) is 12.3. The van der Waals surface area contributed by atoms with E-state index in [0.717, 1.165) is 36.0 Å². The molecule has 2 rings (SSSR count). The molecule has 0 saturated carbocycles. The smallest absolute Gasteiger partial charge is 0.246 e. The highest BCUT2D eigenvalue weighted by Gasteiger charge is 2.24. The minimum Gasteiger partial charge on any atom is -0.396 e. The Labute approximate surface area is 122 Å². The third kappa shape index (κ3) is 3.91. The summed E-state index contributed by atoms with van der Waals surface area (Å²) >= 11 is 3.46. The fraction of sp³-hybridized carbons (Fsp3) is 0.400. The summed E-state index contributed by atoms with van der Waals surface area (Å²) in [6.45, 7) is 1.77. The predicted molar refractivity (Wildman–Crippen MR) is 79.6 cm³/mol. The van der Waals surface area contributed by atoms with E-state index >= 15 is 0 Å². The van der Waals surface area contributed by atoms with E-state index in [1.807, 2.05) is 35.2 Å². The molecule has 1 saturated heterocycles. The minimum absolute atomic E-state index is 0.0520. The van der Waals surface area contributed by atoms with Crippen molar-refractivity contribution in [3.05, 3.63) is 40.4 Å². The Bertz CT molecular complexity index is 473. The lowest BCUT2D eigenvalue weighted by Gasteiger charge is -2.13. The molecule has 1 aliphatic rings. The van der Waals surface area contributed by atoms with Gasteiger partial charge in [-0.15, -0.1) is 0 Å². The second-order valence-electron chi connectivity index (χ2n) is 4.81. The number of hydrogen-bond donors (Lipinski definition) is 1. The van der Waals surface area contributed by atoms with Gasteiger partial charge in [0.15, 0.2) is 0 Å². The molecular weight excluding hydrogens is 306 g/mol. The summed E-state index contributed by atoms with van der Waals surface area (Å²) in [5, 5.41) is 8.91. The Hall–Kier alpha value is -1.13. The fourth-order valence-electron chi connectivity index (χ4n) is 2.33. The number of benzene rings is 1. The van der Waals surface area contributed by atoms with Gasteiger partial charge in [-0.3, -0.25) is 4.79 Å². The molecule has 1 unspecified atom stereocenters. The van der Waals surface area contributed by atoms with Crippen molar-refractivity contribution in [1.82, 2.24) is 4.90 Å². The number of amides is 1. The summed E-state index contributed by atoms with van der Waals surface area (Å²) in [4.78, 5) is 13.9. The van der Waals surface area contributed by atoms with Crippen molar-refractivity contribution in [2.45, 2.75) is 12.8 Å². The average molecular weight is 324 g/mol. The van der Waals surface area contributed by atoms with E-state index in [0.29, 0.717) is 5.92 Å². The molecule has 102 valence electrons. The predicted octanol–water partition coefficient (Wildman–Crippen LogP) is 2.69. The van der Waals surface area contributed by atoms with Gasteiger partial charge in [-0.05, 0) is 36.5 Å². The molecule has 1 N–H and O–H groups in total. The van der Waals surface area contributed by atoms with Gasteiger partial charge in [0.25, 0.3) is 0 Å². The van der Waals surface area contributed by atoms with Gasteiger partial charge in [-0.25, -0.2) is 0 Å². The van der Waals surface area contributed by atoms with E-state index < -0.39 is 0 Å². The Kier molecular flexibility index (Phi) is 5.16. The maximum Gasteiger partial charge on any atom is 0.246 e. The van der Waals surface area contributed by atoms with Crippen molar-refractivity contribution >= 4 is 27.9 Å². The molecule has 0 bridgehead atoms. The van der Waals surface area contributed by atoms with E-state index in [1.54, 1.807) is 6.08 Å². The monoisotopic (exact) mass is 323 g/mol. The topological polar surface area (TPSA) is 40.5 Å². The van der Waals surface area contributed by atoms with E-state index in [9.17, 15) is 4.79 Å². The zero-order chi connectivity index (χ0) is 13.7. The molecule has 0 aliphatic carbocycles. The van der Waals surface area contributed by atoms with Crippen LogP contribution in [0.5, 0.6) is 0 Å². The first-order valence-electron chi connectivity index (χ1n) is 6.53. The van der Waals surface area contributed by atoms with Crippen LogP contribution in [0.3, 0.4) is 0 Å². The third-order valence-electron chi connectivity index (χ3n) is 3.45. The largest absolute Gasteiger partial charge is 0.396 e. The van der Waals surface area contributed by atoms with E-state index in [1.165, 1.54) is 0 Å². The second-order valence-corrected chi connectivity index (χ2v) is 5.66. The fourth-order valence-corrected chi connectivity index (χ4v) is 2.74. The standard InChI is InChI=1S/C15H18BrNO2/c16-14-4-2-1-3-13(14)5-6-15(19)17-9-7-12(11-17)8-10-18/h1-6,12,18H,7-11H2/b6-5+. The summed E-state index contributed by atoms with van der Waals surface area (Å²) in [6.07, 6.45) is 5.25. The van der Waals surface area contributed by atoms with Crippen LogP contribution in [0.15, 0.2) is 34.8 Å². The van der Waals surface area contributed by atoms with Gasteiger partial charge in [0.1, 0.15) is 0 Å². The lowest BCUT2D eigenvalue weighted by atomic mass is 10.1. The highest BCUT2D eigenvalue weighted by molar-refractivity contribution is 9.10. The molecule has 0 aromatic heterocycles. The number of aliphatic hydroxyl groups is 1. The van der Waals surface area contributed by atoms with Crippen LogP contribution in [0.4, 0.5) is 0 Å². The number of carbonyl (C=O) groups is 1. The molecule has 3 nitrogen and oxygen atoms in total. The average Bonchev–Trinajstić information content (AvgIpc) is 2.87. The van der Waals surface area contributed by atoms with Gasteiger partial charge in [0, 0.05) is 30.2 Å². The zero-order valence-electron chi connectivity index (χ0n) is 10.8. The molecule has 1 aliphatic heterocycles. The Morgan fingerprint density at radius 1 is 1.47 bits per heavy atom. The Morgan fingerprint density at radius 2 is 2.26 bits per heavy atom. The first-order valence-corrected chi connectivity index (χ1v) is 7.32. The quantitative estimate of drug-likeness (QED) is 0.865. The summed E-state index contributed by atoms with van der Waals surface area (Å²) in [5.41, 5.74) is 1.00. The minimum atomic E-state index is 0.0520. The maximum atomic E-state index is 12.0. The van der Waals surface area contributed by atoms with Crippen LogP contribution in [0.1, 0.15) is 18.4 Å².